The fourth-order valence-corrected chi connectivity index (χ4v) is 6.76. The number of anilines is 2. The number of fused-ring (bicyclic) bond motifs is 2. The second-order valence-corrected chi connectivity index (χ2v) is 12.4. The maximum absolute atomic E-state index is 3.58. The van der Waals surface area contributed by atoms with Gasteiger partial charge in [-0.15, -0.1) is 0 Å². The number of para-hydroxylation sites is 1. The fourth-order valence-electron chi connectivity index (χ4n) is 6.76. The molecule has 0 saturated heterocycles. The Morgan fingerprint density at radius 1 is 0.340 bits per heavy atom. The second-order valence-electron chi connectivity index (χ2n) is 12.4. The van der Waals surface area contributed by atoms with E-state index >= 15 is 0 Å². The van der Waals surface area contributed by atoms with Gasteiger partial charge in [0.2, 0.25) is 0 Å². The SMILES string of the molecule is Cc1ccc(-c2ccc(-c3ccc(-c4ccc(-c5ccc(C)c(Nc6ccccc6)c5)cc4)c4ccccc34)c3ccccc23)cc1. The van der Waals surface area contributed by atoms with Crippen LogP contribution in [0, 0.1) is 13.8 Å². The molecule has 8 aromatic carbocycles. The Balaban J connectivity index is 1.17. The highest BCUT2D eigenvalue weighted by molar-refractivity contribution is 6.12. The van der Waals surface area contributed by atoms with Crippen molar-refractivity contribution in [2.75, 3.05) is 5.32 Å². The van der Waals surface area contributed by atoms with Gasteiger partial charge >= 0.3 is 0 Å². The monoisotopic (exact) mass is 601 g/mol. The summed E-state index contributed by atoms with van der Waals surface area (Å²) in [7, 11) is 0. The van der Waals surface area contributed by atoms with Gasteiger partial charge in [0.05, 0.1) is 0 Å². The van der Waals surface area contributed by atoms with E-state index in [0.29, 0.717) is 0 Å². The maximum atomic E-state index is 3.58. The minimum Gasteiger partial charge on any atom is -0.355 e. The molecule has 0 aliphatic carbocycles. The quantitative estimate of drug-likeness (QED) is 0.200. The van der Waals surface area contributed by atoms with Gasteiger partial charge in [-0.3, -0.25) is 0 Å². The van der Waals surface area contributed by atoms with Crippen LogP contribution in [0.1, 0.15) is 11.1 Å². The van der Waals surface area contributed by atoms with Crippen LogP contribution >= 0.6 is 0 Å². The van der Waals surface area contributed by atoms with Crippen molar-refractivity contribution >= 4 is 32.9 Å². The number of aryl methyl sites for hydroxylation is 2. The number of hydrogen-bond donors (Lipinski definition) is 1. The average molecular weight is 602 g/mol. The lowest BCUT2D eigenvalue weighted by Crippen LogP contribution is -1.93. The lowest BCUT2D eigenvalue weighted by Gasteiger charge is -2.16. The van der Waals surface area contributed by atoms with E-state index in [1.54, 1.807) is 0 Å². The zero-order valence-corrected chi connectivity index (χ0v) is 26.7. The summed E-state index contributed by atoms with van der Waals surface area (Å²) in [6.07, 6.45) is 0. The molecule has 1 nitrogen and oxygen atoms in total. The average Bonchev–Trinajstić information content (AvgIpc) is 3.13. The molecule has 0 fully saturated rings. The minimum atomic E-state index is 1.09. The standard InChI is InChI=1S/C46H35N/c1-31-16-19-34(20-17-31)38-26-28-44(42-14-8-6-12-40(38)42)45-29-27-39(41-13-7-9-15-43(41)45)35-24-22-33(23-25-35)36-21-18-32(2)46(30-36)47-37-10-4-3-5-11-37/h3-30,47H,1-2H3. The molecule has 0 saturated carbocycles. The van der Waals surface area contributed by atoms with E-state index in [9.17, 15) is 0 Å². The van der Waals surface area contributed by atoms with E-state index in [0.717, 1.165) is 11.4 Å². The van der Waals surface area contributed by atoms with Gasteiger partial charge in [0, 0.05) is 11.4 Å². The topological polar surface area (TPSA) is 12.0 Å². The first-order valence-electron chi connectivity index (χ1n) is 16.3. The summed E-state index contributed by atoms with van der Waals surface area (Å²) in [5.41, 5.74) is 14.6. The first kappa shape index (κ1) is 28.5. The van der Waals surface area contributed by atoms with E-state index in [1.807, 2.05) is 6.07 Å². The van der Waals surface area contributed by atoms with Gasteiger partial charge in [-0.25, -0.2) is 0 Å². The van der Waals surface area contributed by atoms with Crippen LogP contribution in [0.15, 0.2) is 170 Å². The molecule has 0 aliphatic heterocycles. The molecule has 0 radical (unpaired) electrons. The van der Waals surface area contributed by atoms with E-state index in [-0.39, 0.29) is 0 Å². The Morgan fingerprint density at radius 3 is 1.32 bits per heavy atom. The molecule has 1 N–H and O–H groups in total. The number of rotatable bonds is 6. The van der Waals surface area contributed by atoms with Crippen molar-refractivity contribution in [2.45, 2.75) is 13.8 Å². The molecule has 0 atom stereocenters. The first-order valence-corrected chi connectivity index (χ1v) is 16.3. The van der Waals surface area contributed by atoms with E-state index in [1.165, 1.54) is 77.2 Å². The fraction of sp³-hybridized carbons (Fsp3) is 0.0435. The third kappa shape index (κ3) is 5.47. The zero-order valence-electron chi connectivity index (χ0n) is 26.7. The number of benzene rings is 8. The lowest BCUT2D eigenvalue weighted by atomic mass is 9.88. The molecule has 0 bridgehead atoms. The summed E-state index contributed by atoms with van der Waals surface area (Å²) in [6.45, 7) is 4.28. The van der Waals surface area contributed by atoms with Crippen LogP contribution in [0.5, 0.6) is 0 Å². The van der Waals surface area contributed by atoms with Crippen LogP contribution in [-0.4, -0.2) is 0 Å². The second kappa shape index (κ2) is 12.1. The predicted octanol–water partition coefficient (Wildman–Crippen LogP) is 13.0. The highest BCUT2D eigenvalue weighted by Crippen LogP contribution is 2.41. The summed E-state index contributed by atoms with van der Waals surface area (Å²) < 4.78 is 0. The molecule has 0 unspecified atom stereocenters. The van der Waals surface area contributed by atoms with Crippen LogP contribution in [0.4, 0.5) is 11.4 Å². The van der Waals surface area contributed by atoms with Crippen molar-refractivity contribution in [1.29, 1.82) is 0 Å². The summed E-state index contributed by atoms with van der Waals surface area (Å²) >= 11 is 0. The van der Waals surface area contributed by atoms with E-state index < -0.39 is 0 Å². The largest absolute Gasteiger partial charge is 0.355 e. The van der Waals surface area contributed by atoms with Crippen LogP contribution in [0.3, 0.4) is 0 Å². The van der Waals surface area contributed by atoms with Crippen molar-refractivity contribution < 1.29 is 0 Å². The summed E-state index contributed by atoms with van der Waals surface area (Å²) in [6, 6.07) is 61.6. The van der Waals surface area contributed by atoms with Crippen molar-refractivity contribution in [3.8, 4) is 44.5 Å². The van der Waals surface area contributed by atoms with Crippen molar-refractivity contribution in [3.63, 3.8) is 0 Å². The van der Waals surface area contributed by atoms with E-state index in [4.69, 9.17) is 0 Å². The molecule has 1 heteroatoms. The summed E-state index contributed by atoms with van der Waals surface area (Å²) in [5, 5.41) is 8.65. The number of hydrogen-bond acceptors (Lipinski definition) is 1. The third-order valence-electron chi connectivity index (χ3n) is 9.32. The third-order valence-corrected chi connectivity index (χ3v) is 9.32. The normalized spacial score (nSPS) is 11.2. The molecule has 0 amide bonds. The van der Waals surface area contributed by atoms with Gasteiger partial charge in [-0.1, -0.05) is 157 Å². The molecule has 8 aromatic rings. The first-order chi connectivity index (χ1) is 23.1. The smallest absolute Gasteiger partial charge is 0.0420 e. The molecule has 47 heavy (non-hydrogen) atoms. The molecule has 0 spiro atoms. The molecular weight excluding hydrogens is 567 g/mol. The zero-order chi connectivity index (χ0) is 31.7. The Morgan fingerprint density at radius 2 is 0.766 bits per heavy atom. The van der Waals surface area contributed by atoms with Gasteiger partial charge in [-0.2, -0.15) is 0 Å². The Kier molecular flexibility index (Phi) is 7.36. The molecule has 0 aromatic heterocycles. The van der Waals surface area contributed by atoms with Crippen molar-refractivity contribution in [1.82, 2.24) is 0 Å². The van der Waals surface area contributed by atoms with Gasteiger partial charge < -0.3 is 5.32 Å². The Labute approximate surface area is 276 Å². The van der Waals surface area contributed by atoms with Gasteiger partial charge in [0.15, 0.2) is 0 Å². The highest BCUT2D eigenvalue weighted by Gasteiger charge is 2.14. The molecule has 224 valence electrons. The molecule has 0 aliphatic rings. The van der Waals surface area contributed by atoms with Crippen LogP contribution in [0.2, 0.25) is 0 Å². The van der Waals surface area contributed by atoms with Gasteiger partial charge in [-0.05, 0) is 104 Å². The predicted molar refractivity (Wildman–Crippen MR) is 202 cm³/mol. The Bertz CT molecular complexity index is 2370. The van der Waals surface area contributed by atoms with Crippen molar-refractivity contribution in [3.05, 3.63) is 181 Å². The van der Waals surface area contributed by atoms with Crippen LogP contribution < -0.4 is 5.32 Å². The Hall–Kier alpha value is -5.92. The van der Waals surface area contributed by atoms with E-state index in [2.05, 4.69) is 183 Å². The number of nitrogens with one attached hydrogen (secondary N) is 1. The minimum absolute atomic E-state index is 1.09. The van der Waals surface area contributed by atoms with Gasteiger partial charge in [0.1, 0.15) is 0 Å². The highest BCUT2D eigenvalue weighted by atomic mass is 14.9. The van der Waals surface area contributed by atoms with Crippen molar-refractivity contribution in [2.24, 2.45) is 0 Å². The molecular formula is C46H35N. The lowest BCUT2D eigenvalue weighted by molar-refractivity contribution is 1.43. The summed E-state index contributed by atoms with van der Waals surface area (Å²) in [5.74, 6) is 0. The van der Waals surface area contributed by atoms with Crippen LogP contribution in [-0.2, 0) is 0 Å². The summed E-state index contributed by atoms with van der Waals surface area (Å²) in [4.78, 5) is 0. The van der Waals surface area contributed by atoms with Crippen LogP contribution in [0.25, 0.3) is 66.1 Å². The van der Waals surface area contributed by atoms with Gasteiger partial charge in [0.25, 0.3) is 0 Å². The molecule has 0 heterocycles. The maximum Gasteiger partial charge on any atom is 0.0420 e. The molecule has 8 rings (SSSR count).